The molecular formula is C20H20N4O2. The molecule has 0 aliphatic rings. The zero-order chi connectivity index (χ0) is 18.4. The SMILES string of the molecule is Cc1ccnc(-c2ccc(NC(=O)N[C@@H](CO)c3ccccc3)cc2)n1. The Morgan fingerprint density at radius 1 is 1.08 bits per heavy atom. The highest BCUT2D eigenvalue weighted by Gasteiger charge is 2.13. The normalized spacial score (nSPS) is 11.6. The number of carbonyl (C=O) groups excluding carboxylic acids is 1. The molecule has 132 valence electrons. The van der Waals surface area contributed by atoms with Crippen LogP contribution in [0.3, 0.4) is 0 Å². The van der Waals surface area contributed by atoms with Gasteiger partial charge in [0.25, 0.3) is 0 Å². The lowest BCUT2D eigenvalue weighted by atomic mass is 10.1. The summed E-state index contributed by atoms with van der Waals surface area (Å²) in [5.74, 6) is 0.644. The Kier molecular flexibility index (Phi) is 5.56. The van der Waals surface area contributed by atoms with Crippen LogP contribution in [0.2, 0.25) is 0 Å². The highest BCUT2D eigenvalue weighted by Crippen LogP contribution is 2.18. The molecule has 0 aliphatic heterocycles. The molecule has 6 nitrogen and oxygen atoms in total. The van der Waals surface area contributed by atoms with Gasteiger partial charge >= 0.3 is 6.03 Å². The number of benzene rings is 2. The molecule has 1 atom stereocenters. The van der Waals surface area contributed by atoms with Crippen LogP contribution in [0.5, 0.6) is 0 Å². The van der Waals surface area contributed by atoms with Crippen molar-refractivity contribution >= 4 is 11.7 Å². The van der Waals surface area contributed by atoms with Crippen LogP contribution < -0.4 is 10.6 Å². The average molecular weight is 348 g/mol. The maximum absolute atomic E-state index is 12.2. The van der Waals surface area contributed by atoms with Gasteiger partial charge in [0.2, 0.25) is 0 Å². The monoisotopic (exact) mass is 348 g/mol. The summed E-state index contributed by atoms with van der Waals surface area (Å²) >= 11 is 0. The number of carbonyl (C=O) groups is 1. The van der Waals surface area contributed by atoms with E-state index >= 15 is 0 Å². The Hall–Kier alpha value is -3.25. The molecular weight excluding hydrogens is 328 g/mol. The van der Waals surface area contributed by atoms with E-state index in [0.29, 0.717) is 11.5 Å². The minimum atomic E-state index is -0.462. The zero-order valence-corrected chi connectivity index (χ0v) is 14.4. The molecule has 0 fully saturated rings. The molecule has 6 heteroatoms. The average Bonchev–Trinajstić information content (AvgIpc) is 2.67. The van der Waals surface area contributed by atoms with E-state index in [1.54, 1.807) is 18.3 Å². The Morgan fingerprint density at radius 2 is 1.81 bits per heavy atom. The molecule has 26 heavy (non-hydrogen) atoms. The summed E-state index contributed by atoms with van der Waals surface area (Å²) < 4.78 is 0. The molecule has 3 N–H and O–H groups in total. The van der Waals surface area contributed by atoms with Gasteiger partial charge in [0.1, 0.15) is 0 Å². The summed E-state index contributed by atoms with van der Waals surface area (Å²) in [7, 11) is 0. The Bertz CT molecular complexity index is 866. The van der Waals surface area contributed by atoms with Crippen molar-refractivity contribution in [3.05, 3.63) is 78.1 Å². The van der Waals surface area contributed by atoms with E-state index in [0.717, 1.165) is 16.8 Å². The van der Waals surface area contributed by atoms with E-state index in [1.807, 2.05) is 55.5 Å². The predicted octanol–water partition coefficient (Wildman–Crippen LogP) is 3.31. The summed E-state index contributed by atoms with van der Waals surface area (Å²) in [5, 5.41) is 15.0. The molecule has 0 unspecified atom stereocenters. The van der Waals surface area contributed by atoms with Crippen molar-refractivity contribution in [2.45, 2.75) is 13.0 Å². The van der Waals surface area contributed by atoms with Gasteiger partial charge in [-0.1, -0.05) is 30.3 Å². The van der Waals surface area contributed by atoms with E-state index < -0.39 is 6.04 Å². The van der Waals surface area contributed by atoms with Crippen LogP contribution in [-0.2, 0) is 0 Å². The third kappa shape index (κ3) is 4.43. The fourth-order valence-corrected chi connectivity index (χ4v) is 2.54. The smallest absolute Gasteiger partial charge is 0.319 e. The number of nitrogens with zero attached hydrogens (tertiary/aromatic N) is 2. The van der Waals surface area contributed by atoms with Gasteiger partial charge in [0, 0.05) is 23.1 Å². The molecule has 3 rings (SSSR count). The van der Waals surface area contributed by atoms with Crippen LogP contribution in [0.25, 0.3) is 11.4 Å². The Labute approximate surface area is 152 Å². The quantitative estimate of drug-likeness (QED) is 0.660. The van der Waals surface area contributed by atoms with Gasteiger partial charge in [-0.3, -0.25) is 0 Å². The molecule has 0 saturated carbocycles. The fourth-order valence-electron chi connectivity index (χ4n) is 2.54. The van der Waals surface area contributed by atoms with E-state index in [2.05, 4.69) is 20.6 Å². The van der Waals surface area contributed by atoms with Crippen LogP contribution in [-0.4, -0.2) is 27.7 Å². The predicted molar refractivity (Wildman–Crippen MR) is 101 cm³/mol. The van der Waals surface area contributed by atoms with E-state index in [4.69, 9.17) is 0 Å². The van der Waals surface area contributed by atoms with Gasteiger partial charge in [-0.25, -0.2) is 14.8 Å². The van der Waals surface area contributed by atoms with E-state index in [1.165, 1.54) is 0 Å². The van der Waals surface area contributed by atoms with Crippen molar-refractivity contribution in [3.63, 3.8) is 0 Å². The van der Waals surface area contributed by atoms with Crippen molar-refractivity contribution in [1.29, 1.82) is 0 Å². The lowest BCUT2D eigenvalue weighted by Crippen LogP contribution is -2.34. The topological polar surface area (TPSA) is 87.1 Å². The van der Waals surface area contributed by atoms with Gasteiger partial charge in [0.15, 0.2) is 5.82 Å². The molecule has 1 heterocycles. The number of hydrogen-bond donors (Lipinski definition) is 3. The number of amides is 2. The standard InChI is InChI=1S/C20H20N4O2/c1-14-11-12-21-19(22-14)16-7-9-17(10-8-16)23-20(26)24-18(13-25)15-5-3-2-4-6-15/h2-12,18,25H,13H2,1H3,(H2,23,24,26)/t18-/m0/s1. The van der Waals surface area contributed by atoms with Crippen LogP contribution in [0.15, 0.2) is 66.9 Å². The number of aryl methyl sites for hydroxylation is 1. The summed E-state index contributed by atoms with van der Waals surface area (Å²) in [5.41, 5.74) is 3.26. The van der Waals surface area contributed by atoms with Crippen molar-refractivity contribution in [3.8, 4) is 11.4 Å². The van der Waals surface area contributed by atoms with Crippen molar-refractivity contribution in [2.75, 3.05) is 11.9 Å². The molecule has 3 aromatic rings. The lowest BCUT2D eigenvalue weighted by molar-refractivity contribution is 0.225. The summed E-state index contributed by atoms with van der Waals surface area (Å²) in [6, 6.07) is 17.6. The van der Waals surface area contributed by atoms with E-state index in [-0.39, 0.29) is 12.6 Å². The number of nitrogens with one attached hydrogen (secondary N) is 2. The molecule has 2 amide bonds. The van der Waals surface area contributed by atoms with Crippen LogP contribution in [0, 0.1) is 6.92 Å². The molecule has 1 aromatic heterocycles. The maximum Gasteiger partial charge on any atom is 0.319 e. The molecule has 2 aromatic carbocycles. The molecule has 0 aliphatic carbocycles. The number of aliphatic hydroxyl groups excluding tert-OH is 1. The minimum absolute atomic E-state index is 0.179. The molecule has 0 saturated heterocycles. The summed E-state index contributed by atoms with van der Waals surface area (Å²) in [6.07, 6.45) is 1.72. The second-order valence-corrected chi connectivity index (χ2v) is 5.84. The number of rotatable bonds is 5. The number of hydrogen-bond acceptors (Lipinski definition) is 4. The first-order chi connectivity index (χ1) is 12.7. The fraction of sp³-hybridized carbons (Fsp3) is 0.150. The number of aliphatic hydroxyl groups is 1. The number of urea groups is 1. The van der Waals surface area contributed by atoms with Gasteiger partial charge in [-0.15, -0.1) is 0 Å². The largest absolute Gasteiger partial charge is 0.394 e. The highest BCUT2D eigenvalue weighted by molar-refractivity contribution is 5.89. The molecule has 0 bridgehead atoms. The third-order valence-electron chi connectivity index (χ3n) is 3.89. The minimum Gasteiger partial charge on any atom is -0.394 e. The number of aromatic nitrogens is 2. The summed E-state index contributed by atoms with van der Waals surface area (Å²) in [4.78, 5) is 20.8. The Morgan fingerprint density at radius 3 is 2.46 bits per heavy atom. The van der Waals surface area contributed by atoms with Crippen LogP contribution >= 0.6 is 0 Å². The first-order valence-corrected chi connectivity index (χ1v) is 8.29. The lowest BCUT2D eigenvalue weighted by Gasteiger charge is -2.17. The second-order valence-electron chi connectivity index (χ2n) is 5.84. The maximum atomic E-state index is 12.2. The van der Waals surface area contributed by atoms with Crippen molar-refractivity contribution in [1.82, 2.24) is 15.3 Å². The third-order valence-corrected chi connectivity index (χ3v) is 3.89. The molecule has 0 radical (unpaired) electrons. The summed E-state index contributed by atoms with van der Waals surface area (Å²) in [6.45, 7) is 1.73. The second kappa shape index (κ2) is 8.22. The first-order valence-electron chi connectivity index (χ1n) is 8.29. The van der Waals surface area contributed by atoms with Gasteiger partial charge in [-0.05, 0) is 42.8 Å². The highest BCUT2D eigenvalue weighted by atomic mass is 16.3. The Balaban J connectivity index is 1.64. The molecule has 0 spiro atoms. The van der Waals surface area contributed by atoms with Crippen molar-refractivity contribution < 1.29 is 9.90 Å². The van der Waals surface area contributed by atoms with Gasteiger partial charge < -0.3 is 15.7 Å². The number of anilines is 1. The van der Waals surface area contributed by atoms with Crippen LogP contribution in [0.1, 0.15) is 17.3 Å². The van der Waals surface area contributed by atoms with Gasteiger partial charge in [0.05, 0.1) is 12.6 Å². The van der Waals surface area contributed by atoms with E-state index in [9.17, 15) is 9.90 Å². The van der Waals surface area contributed by atoms with Gasteiger partial charge in [-0.2, -0.15) is 0 Å². The zero-order valence-electron chi connectivity index (χ0n) is 14.4. The van der Waals surface area contributed by atoms with Crippen LogP contribution in [0.4, 0.5) is 10.5 Å². The van der Waals surface area contributed by atoms with Crippen molar-refractivity contribution in [2.24, 2.45) is 0 Å². The first kappa shape index (κ1) is 17.6.